The fraction of sp³-hybridized carbons (Fsp3) is 0.214. The van der Waals surface area contributed by atoms with Crippen LogP contribution in [-0.4, -0.2) is 43.6 Å². The van der Waals surface area contributed by atoms with Gasteiger partial charge in [-0.15, -0.1) is 16.8 Å². The number of rotatable bonds is 7. The van der Waals surface area contributed by atoms with Crippen molar-refractivity contribution < 1.29 is 13.2 Å². The van der Waals surface area contributed by atoms with Crippen molar-refractivity contribution in [1.82, 2.24) is 10.2 Å². The summed E-state index contributed by atoms with van der Waals surface area (Å²) in [5.41, 5.74) is 0.474. The fourth-order valence-corrected chi connectivity index (χ4v) is 3.90. The van der Waals surface area contributed by atoms with Crippen LogP contribution in [0.2, 0.25) is 5.02 Å². The Hall–Kier alpha value is -1.62. The monoisotopic (exact) mass is 418 g/mol. The van der Waals surface area contributed by atoms with Crippen molar-refractivity contribution >= 4 is 61.4 Å². The van der Waals surface area contributed by atoms with Gasteiger partial charge in [-0.2, -0.15) is 0 Å². The molecule has 0 aliphatic heterocycles. The second kappa shape index (κ2) is 8.17. The fourth-order valence-electron chi connectivity index (χ4n) is 1.69. The van der Waals surface area contributed by atoms with Gasteiger partial charge in [0.2, 0.25) is 15.2 Å². The van der Waals surface area contributed by atoms with E-state index in [1.165, 1.54) is 48.3 Å². The lowest BCUT2D eigenvalue weighted by Crippen LogP contribution is -2.25. The largest absolute Gasteiger partial charge is 0.296 e. The molecule has 0 bridgehead atoms. The number of halogens is 1. The summed E-state index contributed by atoms with van der Waals surface area (Å²) in [6, 6.07) is 4.40. The zero-order valence-electron chi connectivity index (χ0n) is 13.4. The Morgan fingerprint density at radius 2 is 2.20 bits per heavy atom. The highest BCUT2D eigenvalue weighted by Crippen LogP contribution is 2.28. The first-order valence-corrected chi connectivity index (χ1v) is 10.9. The molecule has 1 N–H and O–H groups in total. The number of benzene rings is 1. The number of hydrogen-bond acceptors (Lipinski definition) is 7. The number of amides is 1. The molecule has 0 atom stereocenters. The molecule has 0 saturated carbocycles. The van der Waals surface area contributed by atoms with Crippen LogP contribution in [0.4, 0.5) is 10.8 Å². The van der Waals surface area contributed by atoms with Crippen LogP contribution < -0.4 is 9.62 Å². The number of thioether (sulfide) groups is 1. The molecule has 0 aliphatic carbocycles. The van der Waals surface area contributed by atoms with Crippen LogP contribution in [0, 0.1) is 0 Å². The predicted octanol–water partition coefficient (Wildman–Crippen LogP) is 3.12. The minimum absolute atomic E-state index is 0.144. The number of nitrogens with one attached hydrogen (secondary N) is 1. The van der Waals surface area contributed by atoms with Gasteiger partial charge in [0, 0.05) is 12.8 Å². The number of hydrogen-bond donors (Lipinski definition) is 1. The Bertz CT molecular complexity index is 898. The van der Waals surface area contributed by atoms with Gasteiger partial charge in [0.25, 0.3) is 5.91 Å². The summed E-state index contributed by atoms with van der Waals surface area (Å²) < 4.78 is 25.1. The van der Waals surface area contributed by atoms with Crippen molar-refractivity contribution in [1.29, 1.82) is 0 Å². The van der Waals surface area contributed by atoms with E-state index in [2.05, 4.69) is 22.1 Å². The zero-order chi connectivity index (χ0) is 18.6. The van der Waals surface area contributed by atoms with Crippen molar-refractivity contribution in [3.05, 3.63) is 41.4 Å². The van der Waals surface area contributed by atoms with Crippen LogP contribution in [0.3, 0.4) is 0 Å². The first-order chi connectivity index (χ1) is 11.7. The summed E-state index contributed by atoms with van der Waals surface area (Å²) >= 11 is 8.75. The minimum atomic E-state index is -3.45. The minimum Gasteiger partial charge on any atom is -0.296 e. The van der Waals surface area contributed by atoms with E-state index in [0.717, 1.165) is 10.6 Å². The Labute approximate surface area is 159 Å². The van der Waals surface area contributed by atoms with Crippen LogP contribution >= 0.6 is 34.7 Å². The molecule has 0 radical (unpaired) electrons. The van der Waals surface area contributed by atoms with E-state index in [0.29, 0.717) is 20.9 Å². The van der Waals surface area contributed by atoms with E-state index >= 15 is 0 Å². The average Bonchev–Trinajstić information content (AvgIpc) is 2.99. The van der Waals surface area contributed by atoms with E-state index < -0.39 is 15.9 Å². The third-order valence-electron chi connectivity index (χ3n) is 3.01. The molecule has 0 fully saturated rings. The van der Waals surface area contributed by atoms with Gasteiger partial charge in [-0.05, 0) is 18.2 Å². The van der Waals surface area contributed by atoms with Gasteiger partial charge in [-0.3, -0.25) is 14.4 Å². The molecular formula is C14H15ClN4O3S3. The van der Waals surface area contributed by atoms with E-state index in [9.17, 15) is 13.2 Å². The lowest BCUT2D eigenvalue weighted by atomic mass is 10.2. The van der Waals surface area contributed by atoms with Gasteiger partial charge >= 0.3 is 0 Å². The Kier molecular flexibility index (Phi) is 6.44. The lowest BCUT2D eigenvalue weighted by Gasteiger charge is -2.17. The van der Waals surface area contributed by atoms with Crippen LogP contribution in [0.5, 0.6) is 0 Å². The number of carbonyl (C=O) groups excluding carboxylic acids is 1. The summed E-state index contributed by atoms with van der Waals surface area (Å²) in [5.74, 6) is 0.194. The Morgan fingerprint density at radius 1 is 1.48 bits per heavy atom. The number of carbonyl (C=O) groups is 1. The summed E-state index contributed by atoms with van der Waals surface area (Å²) in [4.78, 5) is 12.4. The second-order valence-corrected chi connectivity index (χ2v) is 9.49. The van der Waals surface area contributed by atoms with Gasteiger partial charge in [0.15, 0.2) is 4.34 Å². The molecule has 0 aliphatic rings. The molecule has 1 heterocycles. The maximum atomic E-state index is 12.4. The molecule has 25 heavy (non-hydrogen) atoms. The van der Waals surface area contributed by atoms with Gasteiger partial charge in [-0.1, -0.05) is 40.8 Å². The van der Waals surface area contributed by atoms with Crippen LogP contribution in [0.25, 0.3) is 0 Å². The Morgan fingerprint density at radius 3 is 2.84 bits per heavy atom. The molecule has 134 valence electrons. The van der Waals surface area contributed by atoms with Crippen molar-refractivity contribution in [2.75, 3.05) is 28.7 Å². The lowest BCUT2D eigenvalue weighted by molar-refractivity contribution is 0.102. The first-order valence-electron chi connectivity index (χ1n) is 6.84. The van der Waals surface area contributed by atoms with E-state index in [-0.39, 0.29) is 10.6 Å². The summed E-state index contributed by atoms with van der Waals surface area (Å²) in [7, 11) is -2.05. The topological polar surface area (TPSA) is 92.3 Å². The van der Waals surface area contributed by atoms with Crippen LogP contribution in [0.15, 0.2) is 35.2 Å². The quantitative estimate of drug-likeness (QED) is 0.422. The molecule has 2 aromatic rings. The predicted molar refractivity (Wildman–Crippen MR) is 103 cm³/mol. The second-order valence-electron chi connectivity index (χ2n) is 4.82. The van der Waals surface area contributed by atoms with Gasteiger partial charge < -0.3 is 0 Å². The highest BCUT2D eigenvalue weighted by molar-refractivity contribution is 8.01. The number of anilines is 2. The van der Waals surface area contributed by atoms with Gasteiger partial charge in [0.05, 0.1) is 22.5 Å². The standard InChI is InChI=1S/C14H15ClN4O3S3/c1-4-7-23-14-18-17-13(24-14)16-12(20)10-8-9(5-6-11(10)15)19(2)25(3,21)22/h4-6,8H,1,7H2,2-3H3,(H,16,17,20). The summed E-state index contributed by atoms with van der Waals surface area (Å²) in [6.45, 7) is 3.62. The van der Waals surface area contributed by atoms with Crippen molar-refractivity contribution in [2.24, 2.45) is 0 Å². The van der Waals surface area contributed by atoms with Crippen LogP contribution in [0.1, 0.15) is 10.4 Å². The molecule has 0 saturated heterocycles. The molecular weight excluding hydrogens is 404 g/mol. The van der Waals surface area contributed by atoms with E-state index in [1.807, 2.05) is 0 Å². The molecule has 0 unspecified atom stereocenters. The molecule has 11 heteroatoms. The smallest absolute Gasteiger partial charge is 0.259 e. The maximum absolute atomic E-state index is 12.4. The normalized spacial score (nSPS) is 11.2. The summed E-state index contributed by atoms with van der Waals surface area (Å²) in [5, 5.41) is 11.0. The number of sulfonamides is 1. The van der Waals surface area contributed by atoms with E-state index in [4.69, 9.17) is 11.6 Å². The summed E-state index contributed by atoms with van der Waals surface area (Å²) in [6.07, 6.45) is 2.82. The zero-order valence-corrected chi connectivity index (χ0v) is 16.6. The highest BCUT2D eigenvalue weighted by Gasteiger charge is 2.18. The molecule has 7 nitrogen and oxygen atoms in total. The highest BCUT2D eigenvalue weighted by atomic mass is 35.5. The van der Waals surface area contributed by atoms with Gasteiger partial charge in [0.1, 0.15) is 0 Å². The van der Waals surface area contributed by atoms with Crippen molar-refractivity contribution in [3.63, 3.8) is 0 Å². The maximum Gasteiger partial charge on any atom is 0.259 e. The third-order valence-corrected chi connectivity index (χ3v) is 6.51. The number of aromatic nitrogens is 2. The first kappa shape index (κ1) is 19.7. The Balaban J connectivity index is 2.21. The molecule has 2 rings (SSSR count). The molecule has 1 aromatic carbocycles. The average molecular weight is 419 g/mol. The molecule has 1 aromatic heterocycles. The van der Waals surface area contributed by atoms with Gasteiger partial charge in [-0.25, -0.2) is 8.42 Å². The van der Waals surface area contributed by atoms with Crippen LogP contribution in [-0.2, 0) is 10.0 Å². The van der Waals surface area contributed by atoms with Crippen molar-refractivity contribution in [2.45, 2.75) is 4.34 Å². The van der Waals surface area contributed by atoms with Crippen molar-refractivity contribution in [3.8, 4) is 0 Å². The third kappa shape index (κ3) is 5.18. The number of nitrogens with zero attached hydrogens (tertiary/aromatic N) is 3. The molecule has 0 spiro atoms. The van der Waals surface area contributed by atoms with E-state index in [1.54, 1.807) is 6.08 Å². The molecule has 1 amide bonds. The SMILES string of the molecule is C=CCSc1nnc(NC(=O)c2cc(N(C)S(C)(=O)=O)ccc2Cl)s1.